The van der Waals surface area contributed by atoms with Gasteiger partial charge in [0.05, 0.1) is 0 Å². The fourth-order valence-corrected chi connectivity index (χ4v) is 1.77. The van der Waals surface area contributed by atoms with Crippen LogP contribution in [0.15, 0.2) is 54.6 Å². The van der Waals surface area contributed by atoms with E-state index in [0.29, 0.717) is 0 Å². The highest BCUT2D eigenvalue weighted by Gasteiger charge is 1.94. The monoisotopic (exact) mass is 255 g/mol. The summed E-state index contributed by atoms with van der Waals surface area (Å²) in [5.41, 5.74) is 4.09. The second-order valence-corrected chi connectivity index (χ2v) is 4.76. The number of hydrogen-bond donors (Lipinski definition) is 0. The molecule has 0 atom stereocenters. The van der Waals surface area contributed by atoms with Crippen molar-refractivity contribution in [2.45, 2.75) is 26.7 Å². The molecule has 0 N–H and O–H groups in total. The van der Waals surface area contributed by atoms with E-state index in [9.17, 15) is 0 Å². The summed E-state index contributed by atoms with van der Waals surface area (Å²) in [5.74, 6) is 0. The van der Waals surface area contributed by atoms with E-state index in [1.165, 1.54) is 16.8 Å². The minimum atomic E-state index is 1.11. The Hall–Kier alpha value is -1.76. The average molecular weight is 255 g/mol. The van der Waals surface area contributed by atoms with Gasteiger partial charge in [-0.25, -0.2) is 0 Å². The van der Waals surface area contributed by atoms with Gasteiger partial charge in [0.15, 0.2) is 0 Å². The zero-order chi connectivity index (χ0) is 14.1. The Morgan fingerprint density at radius 1 is 0.737 bits per heavy atom. The second-order valence-electron chi connectivity index (χ2n) is 4.76. The summed E-state index contributed by atoms with van der Waals surface area (Å²) < 4.78 is 0. The zero-order valence-electron chi connectivity index (χ0n) is 12.6. The number of rotatable bonds is 3. The molecular formula is C18H25N. The summed E-state index contributed by atoms with van der Waals surface area (Å²) in [6.07, 6.45) is 2.25. The third-order valence-corrected chi connectivity index (χ3v) is 3.09. The highest BCUT2D eigenvalue weighted by molar-refractivity contribution is 5.47. The van der Waals surface area contributed by atoms with Crippen LogP contribution < -0.4 is 4.90 Å². The van der Waals surface area contributed by atoms with Gasteiger partial charge in [0.25, 0.3) is 0 Å². The van der Waals surface area contributed by atoms with E-state index in [0.717, 1.165) is 12.8 Å². The van der Waals surface area contributed by atoms with Gasteiger partial charge in [-0.3, -0.25) is 0 Å². The van der Waals surface area contributed by atoms with Gasteiger partial charge in [0.2, 0.25) is 0 Å². The first-order valence-electron chi connectivity index (χ1n) is 6.97. The molecule has 1 nitrogen and oxygen atoms in total. The van der Waals surface area contributed by atoms with E-state index in [4.69, 9.17) is 0 Å². The van der Waals surface area contributed by atoms with E-state index in [1.54, 1.807) is 0 Å². The molecule has 0 spiro atoms. The summed E-state index contributed by atoms with van der Waals surface area (Å²) in [6, 6.07) is 19.1. The van der Waals surface area contributed by atoms with Crippen LogP contribution in [0, 0.1) is 0 Å². The van der Waals surface area contributed by atoms with Crippen molar-refractivity contribution in [1.82, 2.24) is 0 Å². The van der Waals surface area contributed by atoms with Crippen molar-refractivity contribution in [1.29, 1.82) is 0 Å². The smallest absolute Gasteiger partial charge is 0.0363 e. The lowest BCUT2D eigenvalue weighted by molar-refractivity contribution is 1.10. The lowest BCUT2D eigenvalue weighted by Crippen LogP contribution is -2.08. The SMILES string of the molecule is CCc1cccc(N(C)C)c1.CCc1ccccc1. The molecule has 0 saturated heterocycles. The first kappa shape index (κ1) is 15.3. The van der Waals surface area contributed by atoms with Crippen LogP contribution in [0.2, 0.25) is 0 Å². The van der Waals surface area contributed by atoms with E-state index in [2.05, 4.69) is 81.4 Å². The van der Waals surface area contributed by atoms with Crippen LogP contribution in [0.3, 0.4) is 0 Å². The maximum Gasteiger partial charge on any atom is 0.0363 e. The van der Waals surface area contributed by atoms with E-state index < -0.39 is 0 Å². The normalized spacial score (nSPS) is 9.47. The molecule has 0 unspecified atom stereocenters. The Kier molecular flexibility index (Phi) is 6.73. The molecule has 2 rings (SSSR count). The maximum atomic E-state index is 2.22. The van der Waals surface area contributed by atoms with Crippen molar-refractivity contribution in [3.05, 3.63) is 65.7 Å². The lowest BCUT2D eigenvalue weighted by Gasteiger charge is -2.12. The molecule has 0 amide bonds. The first-order chi connectivity index (χ1) is 9.17. The third kappa shape index (κ3) is 5.60. The van der Waals surface area contributed by atoms with Crippen molar-refractivity contribution in [3.63, 3.8) is 0 Å². The van der Waals surface area contributed by atoms with Crippen LogP contribution in [0.25, 0.3) is 0 Å². The molecule has 0 aromatic heterocycles. The molecule has 0 heterocycles. The van der Waals surface area contributed by atoms with Gasteiger partial charge in [-0.1, -0.05) is 56.3 Å². The standard InChI is InChI=1S/C10H15N.C8H10/c1-4-9-6-5-7-10(8-9)11(2)3;1-2-8-6-4-3-5-7-8/h5-8H,4H2,1-3H3;3-7H,2H2,1H3. The summed E-state index contributed by atoms with van der Waals surface area (Å²) in [4.78, 5) is 2.12. The molecule has 0 radical (unpaired) electrons. The van der Waals surface area contributed by atoms with Crippen molar-refractivity contribution in [2.24, 2.45) is 0 Å². The number of hydrogen-bond acceptors (Lipinski definition) is 1. The van der Waals surface area contributed by atoms with Crippen LogP contribution in [0.1, 0.15) is 25.0 Å². The van der Waals surface area contributed by atoms with Gasteiger partial charge in [-0.05, 0) is 36.1 Å². The molecule has 0 bridgehead atoms. The number of anilines is 1. The number of nitrogens with zero attached hydrogens (tertiary/aromatic N) is 1. The van der Waals surface area contributed by atoms with Crippen LogP contribution in [-0.2, 0) is 12.8 Å². The molecule has 102 valence electrons. The van der Waals surface area contributed by atoms with Gasteiger partial charge in [-0.15, -0.1) is 0 Å². The highest BCUT2D eigenvalue weighted by atomic mass is 15.1. The quantitative estimate of drug-likeness (QED) is 0.777. The van der Waals surface area contributed by atoms with Crippen LogP contribution in [0.4, 0.5) is 5.69 Å². The van der Waals surface area contributed by atoms with E-state index in [1.807, 2.05) is 6.07 Å². The molecule has 0 aliphatic carbocycles. The molecule has 1 heteroatoms. The van der Waals surface area contributed by atoms with Crippen LogP contribution in [-0.4, -0.2) is 14.1 Å². The molecule has 0 fully saturated rings. The largest absolute Gasteiger partial charge is 0.378 e. The van der Waals surface area contributed by atoms with Gasteiger partial charge in [0, 0.05) is 19.8 Å². The summed E-state index contributed by atoms with van der Waals surface area (Å²) >= 11 is 0. The fourth-order valence-electron chi connectivity index (χ4n) is 1.77. The van der Waals surface area contributed by atoms with Gasteiger partial charge in [-0.2, -0.15) is 0 Å². The predicted octanol–water partition coefficient (Wildman–Crippen LogP) is 4.56. The Balaban J connectivity index is 0.000000200. The summed E-state index contributed by atoms with van der Waals surface area (Å²) in [7, 11) is 4.13. The molecule has 0 aliphatic rings. The number of aryl methyl sites for hydroxylation is 2. The van der Waals surface area contributed by atoms with Crippen molar-refractivity contribution in [2.75, 3.05) is 19.0 Å². The van der Waals surface area contributed by atoms with Crippen molar-refractivity contribution in [3.8, 4) is 0 Å². The van der Waals surface area contributed by atoms with Crippen LogP contribution >= 0.6 is 0 Å². The summed E-state index contributed by atoms with van der Waals surface area (Å²) in [6.45, 7) is 4.34. The Labute approximate surface area is 117 Å². The Bertz CT molecular complexity index is 460. The van der Waals surface area contributed by atoms with Gasteiger partial charge in [0.1, 0.15) is 0 Å². The second kappa shape index (κ2) is 8.36. The minimum Gasteiger partial charge on any atom is -0.378 e. The van der Waals surface area contributed by atoms with E-state index in [-0.39, 0.29) is 0 Å². The van der Waals surface area contributed by atoms with Crippen LogP contribution in [0.5, 0.6) is 0 Å². The van der Waals surface area contributed by atoms with Crippen molar-refractivity contribution < 1.29 is 0 Å². The molecule has 0 aliphatic heterocycles. The predicted molar refractivity (Wildman–Crippen MR) is 86.0 cm³/mol. The maximum absolute atomic E-state index is 2.22. The molecule has 2 aromatic carbocycles. The molecular weight excluding hydrogens is 230 g/mol. The Morgan fingerprint density at radius 2 is 1.32 bits per heavy atom. The molecule has 19 heavy (non-hydrogen) atoms. The van der Waals surface area contributed by atoms with Gasteiger partial charge >= 0.3 is 0 Å². The topological polar surface area (TPSA) is 3.24 Å². The molecule has 2 aromatic rings. The average Bonchev–Trinajstić information content (AvgIpc) is 2.48. The lowest BCUT2D eigenvalue weighted by atomic mass is 10.1. The fraction of sp³-hybridized carbons (Fsp3) is 0.333. The summed E-state index contributed by atoms with van der Waals surface area (Å²) in [5, 5.41) is 0. The minimum absolute atomic E-state index is 1.11. The number of benzene rings is 2. The van der Waals surface area contributed by atoms with Crippen molar-refractivity contribution >= 4 is 5.69 Å². The van der Waals surface area contributed by atoms with E-state index >= 15 is 0 Å². The first-order valence-corrected chi connectivity index (χ1v) is 6.97. The Morgan fingerprint density at radius 3 is 1.79 bits per heavy atom. The highest BCUT2D eigenvalue weighted by Crippen LogP contribution is 2.13. The third-order valence-electron chi connectivity index (χ3n) is 3.09. The zero-order valence-corrected chi connectivity index (χ0v) is 12.6. The molecule has 0 saturated carbocycles. The van der Waals surface area contributed by atoms with Gasteiger partial charge < -0.3 is 4.90 Å².